The van der Waals surface area contributed by atoms with Crippen molar-refractivity contribution in [3.05, 3.63) is 33.8 Å². The van der Waals surface area contributed by atoms with E-state index in [0.717, 1.165) is 19.4 Å². The van der Waals surface area contributed by atoms with Crippen molar-refractivity contribution in [1.29, 1.82) is 0 Å². The molecule has 1 aromatic rings. The van der Waals surface area contributed by atoms with Gasteiger partial charge in [-0.1, -0.05) is 46.9 Å². The van der Waals surface area contributed by atoms with Gasteiger partial charge in [-0.3, -0.25) is 0 Å². The van der Waals surface area contributed by atoms with E-state index in [2.05, 4.69) is 18.3 Å². The van der Waals surface area contributed by atoms with Crippen LogP contribution in [0.3, 0.4) is 0 Å². The van der Waals surface area contributed by atoms with Crippen molar-refractivity contribution >= 4 is 34.4 Å². The molecule has 2 atom stereocenters. The first-order chi connectivity index (χ1) is 9.45. The van der Waals surface area contributed by atoms with Crippen molar-refractivity contribution in [2.75, 3.05) is 18.6 Å². The Bertz CT molecular complexity index is 463. The van der Waals surface area contributed by atoms with E-state index in [1.807, 2.05) is 12.1 Å². The van der Waals surface area contributed by atoms with Gasteiger partial charge in [0.25, 0.3) is 0 Å². The second kappa shape index (κ2) is 6.89. The third-order valence-electron chi connectivity index (χ3n) is 4.41. The van der Waals surface area contributed by atoms with Gasteiger partial charge in [0.15, 0.2) is 0 Å². The Kier molecular flexibility index (Phi) is 5.66. The topological polar surface area (TPSA) is 35.1 Å². The third-order valence-corrected chi connectivity index (χ3v) is 5.93. The van der Waals surface area contributed by atoms with Crippen LogP contribution in [0.5, 0.6) is 0 Å². The largest absolute Gasteiger partial charge is 0.617 e. The minimum absolute atomic E-state index is 0.142. The summed E-state index contributed by atoms with van der Waals surface area (Å²) >= 11 is 11.4. The van der Waals surface area contributed by atoms with E-state index < -0.39 is 11.2 Å². The van der Waals surface area contributed by atoms with Gasteiger partial charge in [0.1, 0.15) is 5.75 Å². The van der Waals surface area contributed by atoms with Crippen LogP contribution in [0.4, 0.5) is 0 Å². The first-order valence-corrected chi connectivity index (χ1v) is 9.43. The molecular weight excluding hydrogens is 313 g/mol. The lowest BCUT2D eigenvalue weighted by Gasteiger charge is -2.47. The molecule has 20 heavy (non-hydrogen) atoms. The highest BCUT2D eigenvalue weighted by Gasteiger charge is 2.43. The van der Waals surface area contributed by atoms with Crippen LogP contribution in [0.15, 0.2) is 18.2 Å². The highest BCUT2D eigenvalue weighted by Crippen LogP contribution is 2.47. The average Bonchev–Trinajstić information content (AvgIpc) is 2.32. The normalized spacial score (nSPS) is 20.2. The van der Waals surface area contributed by atoms with E-state index in [1.165, 1.54) is 12.0 Å². The molecule has 0 aromatic heterocycles. The van der Waals surface area contributed by atoms with Gasteiger partial charge < -0.3 is 9.87 Å². The third kappa shape index (κ3) is 3.45. The van der Waals surface area contributed by atoms with Gasteiger partial charge in [-0.15, -0.1) is 0 Å². The monoisotopic (exact) mass is 333 g/mol. The van der Waals surface area contributed by atoms with Crippen molar-refractivity contribution in [3.63, 3.8) is 0 Å². The van der Waals surface area contributed by atoms with Gasteiger partial charge in [0.2, 0.25) is 0 Å². The molecule has 1 aliphatic carbocycles. The summed E-state index contributed by atoms with van der Waals surface area (Å²) in [5.41, 5.74) is 1.40. The number of rotatable bonds is 6. The molecule has 1 aromatic carbocycles. The molecule has 2 rings (SSSR count). The molecule has 0 amide bonds. The fourth-order valence-electron chi connectivity index (χ4n) is 2.95. The van der Waals surface area contributed by atoms with E-state index in [0.29, 0.717) is 21.8 Å². The van der Waals surface area contributed by atoms with Gasteiger partial charge in [-0.05, 0) is 37.5 Å². The molecule has 112 valence electrons. The Morgan fingerprint density at radius 1 is 1.35 bits per heavy atom. The molecule has 0 aliphatic heterocycles. The quantitative estimate of drug-likeness (QED) is 0.804. The predicted octanol–water partition coefficient (Wildman–Crippen LogP) is 3.77. The van der Waals surface area contributed by atoms with Crippen molar-refractivity contribution in [1.82, 2.24) is 5.32 Å². The Labute approximate surface area is 134 Å². The lowest BCUT2D eigenvalue weighted by atomic mass is 9.60. The number of nitrogens with one attached hydrogen (secondary N) is 1. The van der Waals surface area contributed by atoms with Crippen LogP contribution in [0, 0.1) is 0 Å². The smallest absolute Gasteiger partial charge is 0.117 e. The second-order valence-corrected chi connectivity index (χ2v) is 7.96. The lowest BCUT2D eigenvalue weighted by Crippen LogP contribution is -2.52. The molecular formula is C15H21Cl2NOS. The Morgan fingerprint density at radius 3 is 2.55 bits per heavy atom. The first-order valence-electron chi connectivity index (χ1n) is 6.94. The molecule has 0 saturated heterocycles. The summed E-state index contributed by atoms with van der Waals surface area (Å²) < 4.78 is 11.1. The van der Waals surface area contributed by atoms with Crippen LogP contribution in [0.25, 0.3) is 0 Å². The van der Waals surface area contributed by atoms with Crippen LogP contribution in [0.2, 0.25) is 10.0 Å². The number of benzene rings is 1. The van der Waals surface area contributed by atoms with E-state index in [-0.39, 0.29) is 5.41 Å². The molecule has 0 heterocycles. The van der Waals surface area contributed by atoms with E-state index in [4.69, 9.17) is 23.2 Å². The molecule has 5 heteroatoms. The van der Waals surface area contributed by atoms with Gasteiger partial charge in [-0.2, -0.15) is 0 Å². The first kappa shape index (κ1) is 16.4. The Balaban J connectivity index is 2.10. The minimum atomic E-state index is -0.745. The van der Waals surface area contributed by atoms with Crippen LogP contribution in [-0.2, 0) is 16.6 Å². The van der Waals surface area contributed by atoms with Crippen LogP contribution in [-0.4, -0.2) is 29.1 Å². The number of hydrogen-bond donors (Lipinski definition) is 1. The van der Waals surface area contributed by atoms with E-state index >= 15 is 0 Å². The average molecular weight is 334 g/mol. The summed E-state index contributed by atoms with van der Waals surface area (Å²) in [7, 11) is 0. The fourth-order valence-corrected chi connectivity index (χ4v) is 3.65. The fraction of sp³-hybridized carbons (Fsp3) is 0.600. The maximum absolute atomic E-state index is 11.1. The van der Waals surface area contributed by atoms with Gasteiger partial charge >= 0.3 is 0 Å². The highest BCUT2D eigenvalue weighted by molar-refractivity contribution is 7.90. The Morgan fingerprint density at radius 2 is 2.05 bits per heavy atom. The van der Waals surface area contributed by atoms with Gasteiger partial charge in [0, 0.05) is 18.0 Å². The summed E-state index contributed by atoms with van der Waals surface area (Å²) in [6, 6.07) is 6.31. The van der Waals surface area contributed by atoms with Crippen LogP contribution >= 0.6 is 23.2 Å². The molecule has 1 saturated carbocycles. The maximum atomic E-state index is 11.1. The summed E-state index contributed by atoms with van der Waals surface area (Å²) in [5.74, 6) is 0.696. The Hall–Kier alpha value is 0.0700. The summed E-state index contributed by atoms with van der Waals surface area (Å²) in [5, 5.41) is 4.75. The second-order valence-electron chi connectivity index (χ2n) is 5.59. The SMILES string of the molecule is CC(NCC[S+](C)[O-])C1(c2ccc(Cl)c(Cl)c2)CCC1. The lowest BCUT2D eigenvalue weighted by molar-refractivity contribution is 0.181. The van der Waals surface area contributed by atoms with Crippen molar-refractivity contribution in [2.45, 2.75) is 37.6 Å². The number of hydrogen-bond acceptors (Lipinski definition) is 2. The zero-order valence-corrected chi connectivity index (χ0v) is 14.2. The minimum Gasteiger partial charge on any atom is -0.617 e. The van der Waals surface area contributed by atoms with Crippen LogP contribution < -0.4 is 5.32 Å². The zero-order valence-electron chi connectivity index (χ0n) is 11.9. The summed E-state index contributed by atoms with van der Waals surface area (Å²) in [6.07, 6.45) is 5.30. The molecule has 0 bridgehead atoms. The molecule has 1 fully saturated rings. The standard InChI is InChI=1S/C15H21Cl2NOS/c1-11(18-8-9-20(2)19)15(6-3-7-15)12-4-5-13(16)14(17)10-12/h4-5,10-11,18H,3,6-9H2,1-2H3. The molecule has 0 radical (unpaired) electrons. The van der Waals surface area contributed by atoms with Gasteiger partial charge in [-0.25, -0.2) is 0 Å². The molecule has 1 N–H and O–H groups in total. The van der Waals surface area contributed by atoms with E-state index in [1.54, 1.807) is 6.26 Å². The highest BCUT2D eigenvalue weighted by atomic mass is 35.5. The van der Waals surface area contributed by atoms with Crippen molar-refractivity contribution < 1.29 is 4.55 Å². The van der Waals surface area contributed by atoms with Crippen molar-refractivity contribution in [3.8, 4) is 0 Å². The molecule has 0 spiro atoms. The van der Waals surface area contributed by atoms with Gasteiger partial charge in [0.05, 0.1) is 16.3 Å². The van der Waals surface area contributed by atoms with Crippen molar-refractivity contribution in [2.24, 2.45) is 0 Å². The summed E-state index contributed by atoms with van der Waals surface area (Å²) in [4.78, 5) is 0. The zero-order chi connectivity index (χ0) is 14.8. The molecule has 2 unspecified atom stereocenters. The molecule has 1 aliphatic rings. The number of halogens is 2. The van der Waals surface area contributed by atoms with Crippen LogP contribution in [0.1, 0.15) is 31.7 Å². The summed E-state index contributed by atoms with van der Waals surface area (Å²) in [6.45, 7) is 2.99. The predicted molar refractivity (Wildman–Crippen MR) is 88.4 cm³/mol. The maximum Gasteiger partial charge on any atom is 0.117 e. The molecule has 2 nitrogen and oxygen atoms in total. The van der Waals surface area contributed by atoms with E-state index in [9.17, 15) is 4.55 Å².